The maximum Gasteiger partial charge on any atom is 0.510 e. The molecule has 0 amide bonds. The molecule has 0 aliphatic heterocycles. The van der Waals surface area contributed by atoms with E-state index in [9.17, 15) is 9.59 Å². The summed E-state index contributed by atoms with van der Waals surface area (Å²) in [5, 5.41) is 0. The van der Waals surface area contributed by atoms with Crippen LogP contribution in [0, 0.1) is 0 Å². The highest BCUT2D eigenvalue weighted by molar-refractivity contribution is 5.69. The van der Waals surface area contributed by atoms with Crippen molar-refractivity contribution in [1.82, 2.24) is 0 Å². The maximum atomic E-state index is 10.4. The molecule has 0 atom stereocenters. The number of carbonyl (C=O) groups excluding carboxylic acids is 2. The Morgan fingerprint density at radius 1 is 1.27 bits per heavy atom. The van der Waals surface area contributed by atoms with Crippen LogP contribution in [0.5, 0.6) is 0 Å². The number of esters is 1. The molecular formula is C6H10O5. The van der Waals surface area contributed by atoms with E-state index >= 15 is 0 Å². The molecule has 0 saturated heterocycles. The molecule has 0 saturated carbocycles. The van der Waals surface area contributed by atoms with E-state index in [4.69, 9.17) is 0 Å². The molecule has 0 unspecified atom stereocenters. The van der Waals surface area contributed by atoms with Crippen molar-refractivity contribution in [3.63, 3.8) is 0 Å². The molecule has 0 heterocycles. The Bertz CT molecular complexity index is 126. The third kappa shape index (κ3) is 5.20. The first kappa shape index (κ1) is 9.74. The number of hydrogen-bond donors (Lipinski definition) is 0. The molecule has 0 fully saturated rings. The maximum absolute atomic E-state index is 10.4. The van der Waals surface area contributed by atoms with E-state index < -0.39 is 12.1 Å². The van der Waals surface area contributed by atoms with Gasteiger partial charge >= 0.3 is 12.1 Å². The number of methoxy groups -OCH3 is 1. The molecule has 0 aromatic heterocycles. The van der Waals surface area contributed by atoms with Gasteiger partial charge in [0.1, 0.15) is 0 Å². The highest BCUT2D eigenvalue weighted by Gasteiger charge is 2.01. The number of rotatable bonds is 3. The summed E-state index contributed by atoms with van der Waals surface area (Å²) in [4.78, 5) is 20.7. The van der Waals surface area contributed by atoms with Crippen molar-refractivity contribution in [2.75, 3.05) is 13.9 Å². The lowest BCUT2D eigenvalue weighted by Crippen LogP contribution is -2.11. The van der Waals surface area contributed by atoms with Gasteiger partial charge in [-0.2, -0.15) is 0 Å². The Morgan fingerprint density at radius 3 is 2.36 bits per heavy atom. The van der Waals surface area contributed by atoms with Gasteiger partial charge in [0.05, 0.1) is 7.11 Å². The van der Waals surface area contributed by atoms with Crippen molar-refractivity contribution < 1.29 is 23.8 Å². The smallest absolute Gasteiger partial charge is 0.438 e. The lowest BCUT2D eigenvalue weighted by Gasteiger charge is -2.02. The Kier molecular flexibility index (Phi) is 4.89. The summed E-state index contributed by atoms with van der Waals surface area (Å²) in [6.07, 6.45) is -0.612. The minimum atomic E-state index is -0.867. The second-order valence-corrected chi connectivity index (χ2v) is 1.59. The van der Waals surface area contributed by atoms with Crippen LogP contribution in [-0.4, -0.2) is 26.0 Å². The van der Waals surface area contributed by atoms with Gasteiger partial charge in [-0.05, 0) is 0 Å². The Labute approximate surface area is 64.2 Å². The predicted octanol–water partition coefficient (Wildman–Crippen LogP) is 0.680. The van der Waals surface area contributed by atoms with E-state index in [1.165, 1.54) is 7.11 Å². The van der Waals surface area contributed by atoms with E-state index in [0.29, 0.717) is 0 Å². The second-order valence-electron chi connectivity index (χ2n) is 1.59. The molecule has 5 heteroatoms. The molecule has 0 rings (SSSR count). The molecule has 0 bridgehead atoms. The molecular weight excluding hydrogens is 152 g/mol. The molecule has 0 aliphatic carbocycles. The monoisotopic (exact) mass is 162 g/mol. The van der Waals surface area contributed by atoms with Gasteiger partial charge in [0, 0.05) is 6.42 Å². The van der Waals surface area contributed by atoms with Crippen LogP contribution in [0.25, 0.3) is 0 Å². The Hall–Kier alpha value is -1.26. The van der Waals surface area contributed by atoms with Crippen LogP contribution in [0.4, 0.5) is 4.79 Å². The largest absolute Gasteiger partial charge is 0.510 e. The average Bonchev–Trinajstić information content (AvgIpc) is 2.04. The minimum Gasteiger partial charge on any atom is -0.438 e. The zero-order valence-corrected chi connectivity index (χ0v) is 6.46. The van der Waals surface area contributed by atoms with Gasteiger partial charge in [-0.3, -0.25) is 4.79 Å². The van der Waals surface area contributed by atoms with Crippen molar-refractivity contribution in [1.29, 1.82) is 0 Å². The predicted molar refractivity (Wildman–Crippen MR) is 34.7 cm³/mol. The third-order valence-corrected chi connectivity index (χ3v) is 0.852. The van der Waals surface area contributed by atoms with Crippen LogP contribution in [0.1, 0.15) is 13.3 Å². The fourth-order valence-electron chi connectivity index (χ4n) is 0.304. The van der Waals surface area contributed by atoms with Crippen LogP contribution in [0.2, 0.25) is 0 Å². The second kappa shape index (κ2) is 5.52. The van der Waals surface area contributed by atoms with Crippen LogP contribution in [0.3, 0.4) is 0 Å². The molecule has 11 heavy (non-hydrogen) atoms. The molecule has 64 valence electrons. The van der Waals surface area contributed by atoms with Crippen molar-refractivity contribution in [3.05, 3.63) is 0 Å². The third-order valence-electron chi connectivity index (χ3n) is 0.852. The van der Waals surface area contributed by atoms with E-state index in [1.54, 1.807) is 6.92 Å². The van der Waals surface area contributed by atoms with Gasteiger partial charge in [-0.15, -0.1) is 0 Å². The van der Waals surface area contributed by atoms with Gasteiger partial charge < -0.3 is 14.2 Å². The van der Waals surface area contributed by atoms with Gasteiger partial charge in [0.25, 0.3) is 0 Å². The van der Waals surface area contributed by atoms with Gasteiger partial charge in [0.15, 0.2) is 0 Å². The summed E-state index contributed by atoms with van der Waals surface area (Å²) in [7, 11) is 1.17. The SMILES string of the molecule is CCC(=O)OCOC(=O)OC. The first-order valence-electron chi connectivity index (χ1n) is 3.07. The van der Waals surface area contributed by atoms with Crippen molar-refractivity contribution in [3.8, 4) is 0 Å². The Balaban J connectivity index is 3.27. The normalized spacial score (nSPS) is 8.55. The summed E-state index contributed by atoms with van der Waals surface area (Å²) < 4.78 is 12.8. The van der Waals surface area contributed by atoms with E-state index in [0.717, 1.165) is 0 Å². The average molecular weight is 162 g/mol. The lowest BCUT2D eigenvalue weighted by atomic mass is 10.5. The molecule has 0 aliphatic rings. The van der Waals surface area contributed by atoms with Crippen LogP contribution in [0.15, 0.2) is 0 Å². The first-order valence-corrected chi connectivity index (χ1v) is 3.07. The van der Waals surface area contributed by atoms with E-state index in [-0.39, 0.29) is 13.2 Å². The van der Waals surface area contributed by atoms with E-state index in [1.807, 2.05) is 0 Å². The number of carbonyl (C=O) groups is 2. The minimum absolute atomic E-state index is 0.254. The molecule has 0 aromatic carbocycles. The highest BCUT2D eigenvalue weighted by Crippen LogP contribution is 1.87. The number of ether oxygens (including phenoxy) is 3. The standard InChI is InChI=1S/C6H10O5/c1-3-5(7)10-4-11-6(8)9-2/h3-4H2,1-2H3. The van der Waals surface area contributed by atoms with Gasteiger partial charge in [-0.1, -0.05) is 6.92 Å². The summed E-state index contributed by atoms with van der Waals surface area (Å²) in [6, 6.07) is 0. The van der Waals surface area contributed by atoms with Crippen molar-refractivity contribution >= 4 is 12.1 Å². The number of hydrogen-bond acceptors (Lipinski definition) is 5. The summed E-state index contributed by atoms with van der Waals surface area (Å²) >= 11 is 0. The quantitative estimate of drug-likeness (QED) is 0.451. The topological polar surface area (TPSA) is 61.8 Å². The molecule has 0 aromatic rings. The van der Waals surface area contributed by atoms with Crippen LogP contribution in [-0.2, 0) is 19.0 Å². The summed E-state index contributed by atoms with van der Waals surface area (Å²) in [5.74, 6) is -0.422. The van der Waals surface area contributed by atoms with Crippen molar-refractivity contribution in [2.24, 2.45) is 0 Å². The van der Waals surface area contributed by atoms with Crippen LogP contribution < -0.4 is 0 Å². The van der Waals surface area contributed by atoms with E-state index in [2.05, 4.69) is 14.2 Å². The fourth-order valence-corrected chi connectivity index (χ4v) is 0.304. The van der Waals surface area contributed by atoms with Gasteiger partial charge in [-0.25, -0.2) is 4.79 Å². The zero-order valence-electron chi connectivity index (χ0n) is 6.46. The highest BCUT2D eigenvalue weighted by atomic mass is 16.8. The summed E-state index contributed by atoms with van der Waals surface area (Å²) in [6.45, 7) is 1.25. The first-order chi connectivity index (χ1) is 5.20. The van der Waals surface area contributed by atoms with Gasteiger partial charge in [0.2, 0.25) is 6.79 Å². The molecule has 0 N–H and O–H groups in total. The molecule has 5 nitrogen and oxygen atoms in total. The summed E-state index contributed by atoms with van der Waals surface area (Å²) in [5.41, 5.74) is 0. The zero-order chi connectivity index (χ0) is 8.69. The molecule has 0 spiro atoms. The van der Waals surface area contributed by atoms with Crippen molar-refractivity contribution in [2.45, 2.75) is 13.3 Å². The molecule has 0 radical (unpaired) electrons. The Morgan fingerprint density at radius 2 is 1.91 bits per heavy atom. The lowest BCUT2D eigenvalue weighted by molar-refractivity contribution is -0.152. The fraction of sp³-hybridized carbons (Fsp3) is 0.667. The van der Waals surface area contributed by atoms with Crippen LogP contribution >= 0.6 is 0 Å².